The van der Waals surface area contributed by atoms with Crippen molar-refractivity contribution in [1.82, 2.24) is 9.21 Å². The Balaban J connectivity index is 3.71. The van der Waals surface area contributed by atoms with Crippen molar-refractivity contribution >= 4 is 32.0 Å². The van der Waals surface area contributed by atoms with Crippen LogP contribution in [0.25, 0.3) is 0 Å². The van der Waals surface area contributed by atoms with Crippen molar-refractivity contribution in [3.63, 3.8) is 0 Å². The third kappa shape index (κ3) is 8.77. The molecule has 0 fully saturated rings. The van der Waals surface area contributed by atoms with E-state index in [4.69, 9.17) is 4.74 Å². The molecule has 266 valence electrons. The van der Waals surface area contributed by atoms with Crippen LogP contribution in [-0.4, -0.2) is 85.5 Å². The topological polar surface area (TPSA) is 113 Å². The SMILES string of the molecule is Cc1ccc(S(=O)(=O)N(CCC/C(=N/S(=O)(=O)C(F)(F)C(F)(F)C(F)(F)C(F)(F)F)N(C(C)C)C(C)C)C(=O)OC(C)(C)C)cc1. The number of rotatable bonds is 12. The molecule has 0 bridgehead atoms. The van der Waals surface area contributed by atoms with Gasteiger partial charge in [-0.25, -0.2) is 17.5 Å². The minimum absolute atomic E-state index is 0.247. The van der Waals surface area contributed by atoms with Crippen molar-refractivity contribution < 1.29 is 65.9 Å². The zero-order valence-electron chi connectivity index (χ0n) is 26.1. The van der Waals surface area contributed by atoms with Crippen LogP contribution in [0, 0.1) is 6.92 Å². The molecule has 0 saturated carbocycles. The Labute approximate surface area is 261 Å². The first-order valence-electron chi connectivity index (χ1n) is 13.5. The molecule has 0 radical (unpaired) electrons. The van der Waals surface area contributed by atoms with E-state index in [0.717, 1.165) is 4.90 Å². The van der Waals surface area contributed by atoms with Gasteiger partial charge in [0.15, 0.2) is 0 Å². The summed E-state index contributed by atoms with van der Waals surface area (Å²) >= 11 is 0. The van der Waals surface area contributed by atoms with E-state index in [1.165, 1.54) is 72.7 Å². The third-order valence-corrected chi connectivity index (χ3v) is 9.18. The lowest BCUT2D eigenvalue weighted by Crippen LogP contribution is -2.63. The van der Waals surface area contributed by atoms with E-state index >= 15 is 0 Å². The molecular formula is C26H36F9N3O6S2. The van der Waals surface area contributed by atoms with Crippen molar-refractivity contribution in [3.8, 4) is 0 Å². The first-order chi connectivity index (χ1) is 20.3. The van der Waals surface area contributed by atoms with E-state index in [9.17, 15) is 61.1 Å². The third-order valence-electron chi connectivity index (χ3n) is 6.04. The summed E-state index contributed by atoms with van der Waals surface area (Å²) in [6.45, 7) is 10.5. The maximum absolute atomic E-state index is 14.5. The number of nitrogens with zero attached hydrogens (tertiary/aromatic N) is 3. The second-order valence-corrected chi connectivity index (χ2v) is 15.2. The lowest BCUT2D eigenvalue weighted by molar-refractivity contribution is -0.382. The summed E-state index contributed by atoms with van der Waals surface area (Å²) in [4.78, 5) is 13.5. The highest BCUT2D eigenvalue weighted by atomic mass is 32.2. The number of carbonyl (C=O) groups excluding carboxylic acids is 1. The fourth-order valence-electron chi connectivity index (χ4n) is 3.97. The van der Waals surface area contributed by atoms with Crippen LogP contribution in [0.15, 0.2) is 33.6 Å². The molecule has 0 aliphatic carbocycles. The van der Waals surface area contributed by atoms with Crippen molar-refractivity contribution in [2.45, 2.75) is 114 Å². The molecule has 0 unspecified atom stereocenters. The van der Waals surface area contributed by atoms with Crippen LogP contribution < -0.4 is 0 Å². The molecule has 0 N–H and O–H groups in total. The number of aryl methyl sites for hydroxylation is 1. The van der Waals surface area contributed by atoms with Crippen molar-refractivity contribution in [3.05, 3.63) is 29.8 Å². The van der Waals surface area contributed by atoms with Crippen LogP contribution in [0.1, 0.15) is 66.9 Å². The predicted octanol–water partition coefficient (Wildman–Crippen LogP) is 6.97. The molecule has 0 aliphatic rings. The van der Waals surface area contributed by atoms with Gasteiger partial charge in [0, 0.05) is 25.0 Å². The zero-order chi connectivity index (χ0) is 36.5. The lowest BCUT2D eigenvalue weighted by atomic mass is 10.1. The molecule has 0 spiro atoms. The zero-order valence-corrected chi connectivity index (χ0v) is 27.7. The number of benzene rings is 1. The summed E-state index contributed by atoms with van der Waals surface area (Å²) in [5, 5.41) is -7.07. The normalized spacial score (nSPS) is 14.5. The minimum Gasteiger partial charge on any atom is -0.443 e. The average molecular weight is 722 g/mol. The minimum atomic E-state index is -7.50. The number of hydrogen-bond donors (Lipinski definition) is 0. The second-order valence-electron chi connectivity index (χ2n) is 11.7. The molecule has 0 aromatic heterocycles. The number of carbonyl (C=O) groups is 1. The number of amidine groups is 1. The summed E-state index contributed by atoms with van der Waals surface area (Å²) in [5.41, 5.74) is -0.567. The smallest absolute Gasteiger partial charge is 0.443 e. The molecule has 0 heterocycles. The van der Waals surface area contributed by atoms with Crippen LogP contribution in [0.3, 0.4) is 0 Å². The average Bonchev–Trinajstić information content (AvgIpc) is 2.83. The molecule has 20 heteroatoms. The number of alkyl halides is 9. The molecule has 0 atom stereocenters. The molecule has 9 nitrogen and oxygen atoms in total. The molecule has 1 aromatic rings. The standard InChI is InChI=1S/C26H36F9N3O6S2/c1-16(2)38(17(3)4)20(36-46(42,43)26(34,35)24(29,30)23(27,28)25(31,32)33)10-9-15-37(21(39)44-22(6,7)8)45(40,41)19-13-11-18(5)12-14-19/h11-14,16-17H,9-10,15H2,1-8H3/b36-20-. The van der Waals surface area contributed by atoms with Gasteiger partial charge in [-0.2, -0.15) is 47.9 Å². The molecular weight excluding hydrogens is 685 g/mol. The van der Waals surface area contributed by atoms with E-state index in [-0.39, 0.29) is 9.20 Å². The molecule has 1 rings (SSSR count). The van der Waals surface area contributed by atoms with E-state index in [1.54, 1.807) is 6.92 Å². The van der Waals surface area contributed by atoms with Crippen LogP contribution in [0.2, 0.25) is 0 Å². The first-order valence-corrected chi connectivity index (χ1v) is 16.4. The molecule has 46 heavy (non-hydrogen) atoms. The number of ether oxygens (including phenoxy) is 1. The van der Waals surface area contributed by atoms with Gasteiger partial charge < -0.3 is 9.64 Å². The maximum Gasteiger partial charge on any atom is 0.460 e. The quantitative estimate of drug-likeness (QED) is 0.130. The maximum atomic E-state index is 14.5. The van der Waals surface area contributed by atoms with Gasteiger partial charge in [0.2, 0.25) is 0 Å². The number of hydrogen-bond acceptors (Lipinski definition) is 6. The number of sulfonamides is 2. The number of amides is 1. The highest BCUT2D eigenvalue weighted by Crippen LogP contribution is 2.55. The Bertz CT molecular complexity index is 1460. The van der Waals surface area contributed by atoms with Gasteiger partial charge in [0.05, 0.1) is 4.90 Å². The van der Waals surface area contributed by atoms with Gasteiger partial charge in [0.1, 0.15) is 11.4 Å². The van der Waals surface area contributed by atoms with Crippen LogP contribution >= 0.6 is 0 Å². The van der Waals surface area contributed by atoms with E-state index in [1.807, 2.05) is 0 Å². The van der Waals surface area contributed by atoms with Gasteiger partial charge in [-0.1, -0.05) is 17.7 Å². The Morgan fingerprint density at radius 2 is 1.28 bits per heavy atom. The van der Waals surface area contributed by atoms with Crippen LogP contribution in [-0.2, 0) is 24.8 Å². The van der Waals surface area contributed by atoms with Gasteiger partial charge in [0.25, 0.3) is 10.0 Å². The van der Waals surface area contributed by atoms with Gasteiger partial charge in [-0.15, -0.1) is 4.40 Å². The Morgan fingerprint density at radius 3 is 1.67 bits per heavy atom. The Kier molecular flexibility index (Phi) is 12.3. The Morgan fingerprint density at radius 1 is 0.826 bits per heavy atom. The van der Waals surface area contributed by atoms with E-state index in [0.29, 0.717) is 5.56 Å². The summed E-state index contributed by atoms with van der Waals surface area (Å²) < 4.78 is 182. The highest BCUT2D eigenvalue weighted by Gasteiger charge is 2.85. The predicted molar refractivity (Wildman–Crippen MR) is 150 cm³/mol. The summed E-state index contributed by atoms with van der Waals surface area (Å²) in [7, 11) is -11.8. The largest absolute Gasteiger partial charge is 0.460 e. The van der Waals surface area contributed by atoms with Crippen molar-refractivity contribution in [1.29, 1.82) is 0 Å². The summed E-state index contributed by atoms with van der Waals surface area (Å²) in [5.74, 6) is -16.0. The van der Waals surface area contributed by atoms with Crippen molar-refractivity contribution in [2.75, 3.05) is 6.54 Å². The fourth-order valence-corrected chi connectivity index (χ4v) is 6.34. The highest BCUT2D eigenvalue weighted by molar-refractivity contribution is 7.91. The first kappa shape index (κ1) is 41.3. The van der Waals surface area contributed by atoms with Crippen LogP contribution in [0.5, 0.6) is 0 Å². The number of halogens is 9. The summed E-state index contributed by atoms with van der Waals surface area (Å²) in [6.07, 6.45) is -10.2. The molecule has 0 saturated heterocycles. The fraction of sp³-hybridized carbons (Fsp3) is 0.692. The van der Waals surface area contributed by atoms with Gasteiger partial charge in [-0.05, 0) is 73.9 Å². The van der Waals surface area contributed by atoms with Gasteiger partial charge in [-0.3, -0.25) is 0 Å². The Hall–Kier alpha value is -2.77. The van der Waals surface area contributed by atoms with E-state index < -0.39 is 92.3 Å². The van der Waals surface area contributed by atoms with E-state index in [2.05, 4.69) is 4.40 Å². The molecule has 1 aromatic carbocycles. The van der Waals surface area contributed by atoms with Gasteiger partial charge >= 0.3 is 39.4 Å². The summed E-state index contributed by atoms with van der Waals surface area (Å²) in [6, 6.07) is 3.46. The van der Waals surface area contributed by atoms with Crippen molar-refractivity contribution in [2.24, 2.45) is 4.40 Å². The van der Waals surface area contributed by atoms with Crippen LogP contribution in [0.4, 0.5) is 44.3 Å². The molecule has 0 aliphatic heterocycles. The lowest BCUT2D eigenvalue weighted by Gasteiger charge is -2.35. The second kappa shape index (κ2) is 13.8. The molecule has 1 amide bonds. The monoisotopic (exact) mass is 721 g/mol.